The molecule has 0 bridgehead atoms. The molecule has 1 aromatic heterocycles. The Kier molecular flexibility index (Phi) is 4.76. The van der Waals surface area contributed by atoms with E-state index < -0.39 is 0 Å². The average Bonchev–Trinajstić information content (AvgIpc) is 2.73. The Morgan fingerprint density at radius 1 is 1.43 bits per heavy atom. The van der Waals surface area contributed by atoms with Crippen molar-refractivity contribution in [2.45, 2.75) is 53.1 Å². The fourth-order valence-corrected chi connectivity index (χ4v) is 3.89. The quantitative estimate of drug-likeness (QED) is 0.900. The van der Waals surface area contributed by atoms with Crippen LogP contribution in [0.4, 0.5) is 10.9 Å². The number of piperidine rings is 1. The molecular weight excluding hydrogens is 284 g/mol. The number of nitrogen functional groups attached to an aromatic ring is 1. The highest BCUT2D eigenvalue weighted by Gasteiger charge is 2.34. The first-order valence-corrected chi connectivity index (χ1v) is 8.45. The maximum Gasteiger partial charge on any atom is 0.268 e. The molecule has 0 spiro atoms. The lowest BCUT2D eigenvalue weighted by molar-refractivity contribution is 0.0461. The van der Waals surface area contributed by atoms with Crippen molar-refractivity contribution in [3.63, 3.8) is 0 Å². The van der Waals surface area contributed by atoms with E-state index >= 15 is 0 Å². The lowest BCUT2D eigenvalue weighted by atomic mass is 9.86. The maximum atomic E-state index is 12.8. The van der Waals surface area contributed by atoms with E-state index in [0.717, 1.165) is 11.7 Å². The predicted molar refractivity (Wildman–Crippen MR) is 88.7 cm³/mol. The van der Waals surface area contributed by atoms with Crippen LogP contribution in [0, 0.1) is 11.8 Å². The number of nitrogens with one attached hydrogen (secondary N) is 1. The highest BCUT2D eigenvalue weighted by atomic mass is 32.1. The van der Waals surface area contributed by atoms with Crippen molar-refractivity contribution < 1.29 is 4.79 Å². The summed E-state index contributed by atoms with van der Waals surface area (Å²) in [4.78, 5) is 19.6. The molecule has 1 aliphatic rings. The Morgan fingerprint density at radius 3 is 2.71 bits per heavy atom. The molecule has 0 aliphatic carbocycles. The van der Waals surface area contributed by atoms with Crippen LogP contribution in [0.1, 0.15) is 50.7 Å². The molecule has 2 rings (SSSR count). The van der Waals surface area contributed by atoms with Crippen LogP contribution in [0.15, 0.2) is 0 Å². The van der Waals surface area contributed by atoms with E-state index in [0.29, 0.717) is 22.5 Å². The van der Waals surface area contributed by atoms with E-state index in [1.807, 2.05) is 18.7 Å². The number of aromatic nitrogens is 1. The van der Waals surface area contributed by atoms with Gasteiger partial charge in [0.25, 0.3) is 5.91 Å². The SMILES string of the molecule is CC1CC(C)C(C)N(C(=O)c2sc(NC(C)C)nc2N)C1. The Balaban J connectivity index is 2.21. The molecule has 3 N–H and O–H groups in total. The summed E-state index contributed by atoms with van der Waals surface area (Å²) in [5, 5.41) is 3.93. The van der Waals surface area contributed by atoms with Gasteiger partial charge in [-0.3, -0.25) is 4.79 Å². The summed E-state index contributed by atoms with van der Waals surface area (Å²) in [7, 11) is 0. The van der Waals surface area contributed by atoms with Crippen LogP contribution in [0.3, 0.4) is 0 Å². The van der Waals surface area contributed by atoms with Gasteiger partial charge in [-0.15, -0.1) is 0 Å². The van der Waals surface area contributed by atoms with Gasteiger partial charge in [0.15, 0.2) is 5.13 Å². The van der Waals surface area contributed by atoms with Crippen molar-refractivity contribution in [3.8, 4) is 0 Å². The number of carbonyl (C=O) groups is 1. The third-order valence-electron chi connectivity index (χ3n) is 4.12. The van der Waals surface area contributed by atoms with Gasteiger partial charge in [0.05, 0.1) is 0 Å². The average molecular weight is 310 g/mol. The van der Waals surface area contributed by atoms with Crippen molar-refractivity contribution in [1.82, 2.24) is 9.88 Å². The number of carbonyl (C=O) groups excluding carboxylic acids is 1. The Bertz CT molecular complexity index is 514. The van der Waals surface area contributed by atoms with Crippen molar-refractivity contribution in [3.05, 3.63) is 4.88 Å². The monoisotopic (exact) mass is 310 g/mol. The van der Waals surface area contributed by atoms with Crippen LogP contribution in [0.2, 0.25) is 0 Å². The summed E-state index contributed by atoms with van der Waals surface area (Å²) in [5.74, 6) is 1.40. The van der Waals surface area contributed by atoms with E-state index in [1.165, 1.54) is 17.8 Å². The van der Waals surface area contributed by atoms with Crippen LogP contribution in [0.5, 0.6) is 0 Å². The zero-order valence-corrected chi connectivity index (χ0v) is 14.3. The van der Waals surface area contributed by atoms with Gasteiger partial charge in [-0.2, -0.15) is 0 Å². The van der Waals surface area contributed by atoms with Crippen molar-refractivity contribution in [2.24, 2.45) is 11.8 Å². The first-order chi connectivity index (χ1) is 9.79. The van der Waals surface area contributed by atoms with Gasteiger partial charge in [-0.05, 0) is 39.0 Å². The topological polar surface area (TPSA) is 71.2 Å². The zero-order chi connectivity index (χ0) is 15.7. The van der Waals surface area contributed by atoms with Crippen LogP contribution in [-0.4, -0.2) is 34.4 Å². The second-order valence-corrected chi connectivity index (χ2v) is 7.55. The fraction of sp³-hybridized carbons (Fsp3) is 0.733. The third kappa shape index (κ3) is 3.48. The molecule has 0 radical (unpaired) electrons. The number of nitrogens with two attached hydrogens (primary N) is 1. The smallest absolute Gasteiger partial charge is 0.268 e. The minimum atomic E-state index is 0.0210. The van der Waals surface area contributed by atoms with Gasteiger partial charge in [-0.25, -0.2) is 4.98 Å². The minimum absolute atomic E-state index is 0.0210. The maximum absolute atomic E-state index is 12.8. The van der Waals surface area contributed by atoms with Crippen LogP contribution in [0.25, 0.3) is 0 Å². The van der Waals surface area contributed by atoms with E-state index in [1.54, 1.807) is 0 Å². The Hall–Kier alpha value is -1.30. The molecule has 1 aliphatic heterocycles. The molecule has 3 unspecified atom stereocenters. The molecule has 118 valence electrons. The molecule has 1 amide bonds. The number of hydrogen-bond donors (Lipinski definition) is 2. The van der Waals surface area contributed by atoms with Crippen molar-refractivity contribution >= 4 is 28.2 Å². The summed E-state index contributed by atoms with van der Waals surface area (Å²) < 4.78 is 0. The van der Waals surface area contributed by atoms with E-state index in [-0.39, 0.29) is 18.0 Å². The molecule has 5 nitrogen and oxygen atoms in total. The van der Waals surface area contributed by atoms with E-state index in [2.05, 4.69) is 31.1 Å². The summed E-state index contributed by atoms with van der Waals surface area (Å²) in [6, 6.07) is 0.518. The van der Waals surface area contributed by atoms with Gasteiger partial charge in [-0.1, -0.05) is 25.2 Å². The van der Waals surface area contributed by atoms with Gasteiger partial charge in [0.2, 0.25) is 0 Å². The largest absolute Gasteiger partial charge is 0.382 e. The second kappa shape index (κ2) is 6.22. The van der Waals surface area contributed by atoms with Crippen LogP contribution in [-0.2, 0) is 0 Å². The number of nitrogens with zero attached hydrogens (tertiary/aromatic N) is 2. The molecule has 1 saturated heterocycles. The number of anilines is 2. The number of hydrogen-bond acceptors (Lipinski definition) is 5. The van der Waals surface area contributed by atoms with Crippen molar-refractivity contribution in [1.29, 1.82) is 0 Å². The van der Waals surface area contributed by atoms with Gasteiger partial charge in [0.1, 0.15) is 10.7 Å². The molecule has 0 aromatic carbocycles. The molecule has 3 atom stereocenters. The predicted octanol–water partition coefficient (Wildman–Crippen LogP) is 3.05. The molecule has 0 saturated carbocycles. The first-order valence-electron chi connectivity index (χ1n) is 7.63. The molecule has 6 heteroatoms. The van der Waals surface area contributed by atoms with Crippen molar-refractivity contribution in [2.75, 3.05) is 17.6 Å². The van der Waals surface area contributed by atoms with Crippen LogP contribution < -0.4 is 11.1 Å². The number of thiazole rings is 1. The number of amides is 1. The summed E-state index contributed by atoms with van der Waals surface area (Å²) in [5.41, 5.74) is 5.95. The molecule has 21 heavy (non-hydrogen) atoms. The highest BCUT2D eigenvalue weighted by Crippen LogP contribution is 2.32. The Morgan fingerprint density at radius 2 is 2.10 bits per heavy atom. The number of likely N-dealkylation sites (tertiary alicyclic amines) is 1. The van der Waals surface area contributed by atoms with E-state index in [4.69, 9.17) is 5.73 Å². The number of rotatable bonds is 3. The molecule has 2 heterocycles. The van der Waals surface area contributed by atoms with Gasteiger partial charge in [0, 0.05) is 18.6 Å². The third-order valence-corrected chi connectivity index (χ3v) is 5.11. The highest BCUT2D eigenvalue weighted by molar-refractivity contribution is 7.18. The Labute approximate surface area is 130 Å². The van der Waals surface area contributed by atoms with E-state index in [9.17, 15) is 4.79 Å². The second-order valence-electron chi connectivity index (χ2n) is 6.55. The summed E-state index contributed by atoms with van der Waals surface area (Å²) in [6.45, 7) is 11.4. The van der Waals surface area contributed by atoms with Crippen LogP contribution >= 0.6 is 11.3 Å². The first kappa shape index (κ1) is 16.1. The zero-order valence-electron chi connectivity index (χ0n) is 13.5. The standard InChI is InChI=1S/C15H26N4OS/c1-8(2)17-15-18-13(16)12(21-15)14(20)19-7-9(3)6-10(4)11(19)5/h8-11H,6-7,16H2,1-5H3,(H,17,18). The lowest BCUT2D eigenvalue weighted by Crippen LogP contribution is -2.48. The summed E-state index contributed by atoms with van der Waals surface area (Å²) in [6.07, 6.45) is 1.17. The minimum Gasteiger partial charge on any atom is -0.382 e. The summed E-state index contributed by atoms with van der Waals surface area (Å²) >= 11 is 1.36. The fourth-order valence-electron chi connectivity index (χ4n) is 2.91. The molecular formula is C15H26N4OS. The van der Waals surface area contributed by atoms with Gasteiger partial charge < -0.3 is 16.0 Å². The van der Waals surface area contributed by atoms with Gasteiger partial charge >= 0.3 is 0 Å². The molecule has 1 aromatic rings. The molecule has 1 fully saturated rings. The lowest BCUT2D eigenvalue weighted by Gasteiger charge is -2.40. The normalized spacial score (nSPS) is 26.2.